The van der Waals surface area contributed by atoms with Crippen LogP contribution in [0.2, 0.25) is 0 Å². The zero-order valence-corrected chi connectivity index (χ0v) is 15.8. The first-order valence-corrected chi connectivity index (χ1v) is 9.88. The van der Waals surface area contributed by atoms with Gasteiger partial charge in [-0.15, -0.1) is 11.8 Å². The SMILES string of the molecule is CC(=[OH+])Oc1ccc(SCCc2ccccc2)cc1.O=S(=O)([O-])C(F)(F)F. The number of alkyl halides is 3. The molecule has 0 atom stereocenters. The Morgan fingerprint density at radius 1 is 1.11 bits per heavy atom. The predicted molar refractivity (Wildman–Crippen MR) is 96.3 cm³/mol. The van der Waals surface area contributed by atoms with Crippen LogP contribution in [0.1, 0.15) is 12.5 Å². The highest BCUT2D eigenvalue weighted by atomic mass is 32.2. The van der Waals surface area contributed by atoms with Gasteiger partial charge in [0, 0.05) is 22.8 Å². The minimum absolute atomic E-state index is 0.0375. The van der Waals surface area contributed by atoms with Crippen LogP contribution in [-0.2, 0) is 16.5 Å². The van der Waals surface area contributed by atoms with Crippen LogP contribution in [0.25, 0.3) is 0 Å². The number of ether oxygens (including phenoxy) is 1. The normalized spacial score (nSPS) is 11.3. The molecule has 0 unspecified atom stereocenters. The number of thioether (sulfide) groups is 1. The molecule has 1 N–H and O–H groups in total. The van der Waals surface area contributed by atoms with Crippen LogP contribution in [0.15, 0.2) is 59.5 Å². The largest absolute Gasteiger partial charge is 0.741 e. The van der Waals surface area contributed by atoms with Crippen LogP contribution in [0.3, 0.4) is 0 Å². The molecular weight excluding hydrogens is 405 g/mol. The number of rotatable bonds is 5. The number of carbonyl (C=O) groups excluding carboxylic acids is 1. The zero-order chi connectivity index (χ0) is 20.5. The fourth-order valence-electron chi connectivity index (χ4n) is 1.71. The van der Waals surface area contributed by atoms with Gasteiger partial charge in [0.25, 0.3) is 0 Å². The number of benzene rings is 2. The molecule has 0 bridgehead atoms. The quantitative estimate of drug-likeness (QED) is 0.182. The monoisotopic (exact) mass is 422 g/mol. The lowest BCUT2D eigenvalue weighted by molar-refractivity contribution is -0.0517. The summed E-state index contributed by atoms with van der Waals surface area (Å²) in [7, 11) is -6.09. The van der Waals surface area contributed by atoms with Crippen LogP contribution in [0.5, 0.6) is 5.75 Å². The third-order valence-electron chi connectivity index (χ3n) is 2.88. The first-order valence-electron chi connectivity index (χ1n) is 7.48. The molecule has 10 heteroatoms. The Labute approximate surface area is 159 Å². The van der Waals surface area contributed by atoms with Crippen molar-refractivity contribution in [2.75, 3.05) is 5.75 Å². The molecule has 0 spiro atoms. The molecule has 0 radical (unpaired) electrons. The van der Waals surface area contributed by atoms with Crippen molar-refractivity contribution in [3.63, 3.8) is 0 Å². The second-order valence-corrected chi connectivity index (χ2v) is 7.62. The lowest BCUT2D eigenvalue weighted by Gasteiger charge is -2.08. The van der Waals surface area contributed by atoms with Crippen LogP contribution < -0.4 is 4.74 Å². The molecule has 5 nitrogen and oxygen atoms in total. The third kappa shape index (κ3) is 9.45. The van der Waals surface area contributed by atoms with Gasteiger partial charge in [0.05, 0.1) is 6.92 Å². The van der Waals surface area contributed by atoms with Crippen molar-refractivity contribution in [2.24, 2.45) is 0 Å². The summed E-state index contributed by atoms with van der Waals surface area (Å²) in [5.74, 6) is 1.67. The summed E-state index contributed by atoms with van der Waals surface area (Å²) in [6.07, 6.45) is 1.06. The highest BCUT2D eigenvalue weighted by molar-refractivity contribution is 7.99. The smallest absolute Gasteiger partial charge is 0.485 e. The fourth-order valence-corrected chi connectivity index (χ4v) is 2.61. The van der Waals surface area contributed by atoms with Gasteiger partial charge in [-0.25, -0.2) is 8.42 Å². The van der Waals surface area contributed by atoms with Gasteiger partial charge in [0.15, 0.2) is 10.1 Å². The first-order chi connectivity index (χ1) is 12.5. The summed E-state index contributed by atoms with van der Waals surface area (Å²) in [4.78, 5) is 10.2. The molecule has 2 aromatic rings. The van der Waals surface area contributed by atoms with E-state index in [0.717, 1.165) is 12.2 Å². The Bertz CT molecular complexity index is 820. The minimum Gasteiger partial charge on any atom is -0.741 e. The molecule has 0 amide bonds. The van der Waals surface area contributed by atoms with Gasteiger partial charge in [0.2, 0.25) is 5.75 Å². The Balaban J connectivity index is 0.000000387. The molecule has 0 fully saturated rings. The molecule has 0 aliphatic rings. The summed E-state index contributed by atoms with van der Waals surface area (Å²) in [6.45, 7) is 1.52. The van der Waals surface area contributed by atoms with E-state index in [1.54, 1.807) is 0 Å². The molecule has 0 saturated heterocycles. The van der Waals surface area contributed by atoms with Gasteiger partial charge in [-0.1, -0.05) is 30.3 Å². The molecule has 2 rings (SSSR count). The van der Waals surface area contributed by atoms with Gasteiger partial charge in [-0.05, 0) is 24.1 Å². The fraction of sp³-hybridized carbons (Fsp3) is 0.235. The summed E-state index contributed by atoms with van der Waals surface area (Å²) < 4.78 is 64.0. The molecular formula is C17H17F3O5S2. The van der Waals surface area contributed by atoms with Crippen molar-refractivity contribution in [3.05, 3.63) is 60.2 Å². The highest BCUT2D eigenvalue weighted by Gasteiger charge is 2.36. The average Bonchev–Trinajstić information content (AvgIpc) is 2.56. The van der Waals surface area contributed by atoms with Crippen molar-refractivity contribution in [1.29, 1.82) is 0 Å². The summed E-state index contributed by atoms with van der Waals surface area (Å²) in [6, 6.07) is 18.2. The molecule has 0 aromatic heterocycles. The maximum absolute atomic E-state index is 10.7. The number of aryl methyl sites for hydroxylation is 1. The number of halogens is 3. The van der Waals surface area contributed by atoms with Crippen LogP contribution in [-0.4, -0.2) is 35.0 Å². The van der Waals surface area contributed by atoms with E-state index in [4.69, 9.17) is 22.5 Å². The second kappa shape index (κ2) is 10.3. The highest BCUT2D eigenvalue weighted by Crippen LogP contribution is 2.22. The van der Waals surface area contributed by atoms with Crippen molar-refractivity contribution >= 4 is 27.8 Å². The van der Waals surface area contributed by atoms with E-state index in [1.807, 2.05) is 42.1 Å². The Morgan fingerprint density at radius 2 is 1.63 bits per heavy atom. The predicted octanol–water partition coefficient (Wildman–Crippen LogP) is 3.97. The van der Waals surface area contributed by atoms with E-state index < -0.39 is 15.6 Å². The molecule has 0 aliphatic carbocycles. The van der Waals surface area contributed by atoms with E-state index in [-0.39, 0.29) is 5.97 Å². The maximum Gasteiger partial charge on any atom is 0.485 e. The van der Waals surface area contributed by atoms with Crippen LogP contribution in [0.4, 0.5) is 13.2 Å². The van der Waals surface area contributed by atoms with Crippen molar-refractivity contribution < 1.29 is 35.7 Å². The van der Waals surface area contributed by atoms with Crippen LogP contribution in [0, 0.1) is 0 Å². The van der Waals surface area contributed by atoms with Gasteiger partial charge in [0.1, 0.15) is 0 Å². The lowest BCUT2D eigenvalue weighted by Crippen LogP contribution is -2.21. The average molecular weight is 422 g/mol. The van der Waals surface area contributed by atoms with E-state index in [9.17, 15) is 13.2 Å². The minimum atomic E-state index is -6.09. The topological polar surface area (TPSA) is 87.8 Å². The summed E-state index contributed by atoms with van der Waals surface area (Å²) in [5, 5.41) is 0. The van der Waals surface area contributed by atoms with Crippen molar-refractivity contribution in [3.8, 4) is 5.75 Å². The molecule has 148 valence electrons. The zero-order valence-electron chi connectivity index (χ0n) is 14.1. The Hall–Kier alpha value is -2.04. The molecule has 2 aromatic carbocycles. The van der Waals surface area contributed by atoms with E-state index in [2.05, 4.69) is 24.3 Å². The Kier molecular flexibility index (Phi) is 8.80. The third-order valence-corrected chi connectivity index (χ3v) is 4.46. The van der Waals surface area contributed by atoms with Gasteiger partial charge in [-0.3, -0.25) is 4.74 Å². The van der Waals surface area contributed by atoms with Gasteiger partial charge in [-0.2, -0.15) is 13.2 Å². The van der Waals surface area contributed by atoms with E-state index in [0.29, 0.717) is 5.75 Å². The number of hydrogen-bond acceptors (Lipinski definition) is 5. The molecule has 0 heterocycles. The molecule has 0 aliphatic heterocycles. The van der Waals surface area contributed by atoms with Gasteiger partial charge >= 0.3 is 11.5 Å². The first kappa shape index (κ1) is 23.0. The standard InChI is InChI=1S/C16H16O2S.CHF3O3S/c1-13(17)18-15-7-9-16(10-8-15)19-12-11-14-5-3-2-4-6-14;2-1(3,4)8(5,6)7/h2-10H,11-12H2,1H3;(H,5,6,7). The number of hydrogen-bond donors (Lipinski definition) is 0. The van der Waals surface area contributed by atoms with E-state index >= 15 is 0 Å². The van der Waals surface area contributed by atoms with Gasteiger partial charge < -0.3 is 9.35 Å². The van der Waals surface area contributed by atoms with Crippen molar-refractivity contribution in [2.45, 2.75) is 23.7 Å². The summed E-state index contributed by atoms with van der Waals surface area (Å²) in [5.41, 5.74) is -4.28. The molecule has 0 saturated carbocycles. The number of esters is 1. The summed E-state index contributed by atoms with van der Waals surface area (Å²) >= 11 is 1.82. The maximum atomic E-state index is 10.7. The molecule has 27 heavy (non-hydrogen) atoms. The lowest BCUT2D eigenvalue weighted by atomic mass is 10.2. The van der Waals surface area contributed by atoms with Crippen molar-refractivity contribution in [1.82, 2.24) is 0 Å². The second-order valence-electron chi connectivity index (χ2n) is 5.08. The van der Waals surface area contributed by atoms with Crippen LogP contribution >= 0.6 is 11.8 Å². The Morgan fingerprint density at radius 3 is 2.07 bits per heavy atom. The van der Waals surface area contributed by atoms with E-state index in [1.165, 1.54) is 17.4 Å².